The van der Waals surface area contributed by atoms with Crippen LogP contribution in [0.3, 0.4) is 0 Å². The van der Waals surface area contributed by atoms with Gasteiger partial charge in [0, 0.05) is 15.6 Å². The van der Waals surface area contributed by atoms with E-state index in [1.54, 1.807) is 13.1 Å². The molecule has 1 atom stereocenters. The monoisotopic (exact) mass is 355 g/mol. The van der Waals surface area contributed by atoms with E-state index in [1.807, 2.05) is 19.1 Å². The minimum Gasteiger partial charge on any atom is -0.496 e. The summed E-state index contributed by atoms with van der Waals surface area (Å²) in [6.07, 6.45) is 0. The molecular formula is C16H16BrF2NO. The second-order valence-electron chi connectivity index (χ2n) is 4.75. The fourth-order valence-electron chi connectivity index (χ4n) is 2.36. The summed E-state index contributed by atoms with van der Waals surface area (Å²) in [6, 6.07) is 7.43. The van der Waals surface area contributed by atoms with Crippen LogP contribution in [0.1, 0.15) is 22.7 Å². The van der Waals surface area contributed by atoms with E-state index in [9.17, 15) is 8.78 Å². The maximum Gasteiger partial charge on any atom is 0.132 e. The second-order valence-corrected chi connectivity index (χ2v) is 5.67. The van der Waals surface area contributed by atoms with Gasteiger partial charge in [-0.3, -0.25) is 0 Å². The van der Waals surface area contributed by atoms with Crippen LogP contribution in [-0.4, -0.2) is 14.2 Å². The number of hydrogen-bond acceptors (Lipinski definition) is 2. The largest absolute Gasteiger partial charge is 0.496 e. The van der Waals surface area contributed by atoms with Crippen LogP contribution in [-0.2, 0) is 0 Å². The third kappa shape index (κ3) is 3.24. The van der Waals surface area contributed by atoms with Crippen molar-refractivity contribution in [3.63, 3.8) is 0 Å². The van der Waals surface area contributed by atoms with E-state index >= 15 is 0 Å². The first kappa shape index (κ1) is 15.9. The van der Waals surface area contributed by atoms with Crippen molar-refractivity contribution in [1.29, 1.82) is 0 Å². The van der Waals surface area contributed by atoms with Crippen LogP contribution in [0.5, 0.6) is 5.75 Å². The van der Waals surface area contributed by atoms with Crippen LogP contribution in [0.15, 0.2) is 34.8 Å². The first-order valence-electron chi connectivity index (χ1n) is 6.44. The summed E-state index contributed by atoms with van der Waals surface area (Å²) in [5, 5.41) is 2.96. The van der Waals surface area contributed by atoms with Gasteiger partial charge in [0.25, 0.3) is 0 Å². The molecule has 2 aromatic carbocycles. The van der Waals surface area contributed by atoms with Crippen molar-refractivity contribution in [1.82, 2.24) is 5.32 Å². The minimum atomic E-state index is -0.632. The molecule has 2 aromatic rings. The van der Waals surface area contributed by atoms with Gasteiger partial charge in [-0.25, -0.2) is 8.78 Å². The molecule has 0 fully saturated rings. The van der Waals surface area contributed by atoms with Crippen LogP contribution in [0.2, 0.25) is 0 Å². The molecule has 112 valence electrons. The molecule has 0 aliphatic rings. The van der Waals surface area contributed by atoms with Gasteiger partial charge in [-0.15, -0.1) is 0 Å². The number of hydrogen-bond donors (Lipinski definition) is 1. The number of nitrogens with one attached hydrogen (secondary N) is 1. The smallest absolute Gasteiger partial charge is 0.132 e. The number of ether oxygens (including phenoxy) is 1. The van der Waals surface area contributed by atoms with E-state index in [2.05, 4.69) is 21.2 Å². The zero-order valence-electron chi connectivity index (χ0n) is 12.0. The van der Waals surface area contributed by atoms with E-state index in [-0.39, 0.29) is 5.56 Å². The molecule has 0 bridgehead atoms. The molecule has 0 spiro atoms. The van der Waals surface area contributed by atoms with Gasteiger partial charge >= 0.3 is 0 Å². The van der Waals surface area contributed by atoms with Gasteiger partial charge in [0.2, 0.25) is 0 Å². The van der Waals surface area contributed by atoms with E-state index in [0.717, 1.165) is 5.56 Å². The average Bonchev–Trinajstić information content (AvgIpc) is 2.42. The summed E-state index contributed by atoms with van der Waals surface area (Å²) in [5.41, 5.74) is 1.66. The van der Waals surface area contributed by atoms with Crippen molar-refractivity contribution in [3.05, 3.63) is 63.1 Å². The summed E-state index contributed by atoms with van der Waals surface area (Å²) in [5.74, 6) is -0.628. The topological polar surface area (TPSA) is 21.3 Å². The Kier molecular flexibility index (Phi) is 4.96. The van der Waals surface area contributed by atoms with Gasteiger partial charge in [0.15, 0.2) is 0 Å². The summed E-state index contributed by atoms with van der Waals surface area (Å²) >= 11 is 3.09. The first-order valence-corrected chi connectivity index (χ1v) is 7.23. The summed E-state index contributed by atoms with van der Waals surface area (Å²) in [6.45, 7) is 1.92. The Bertz CT molecular complexity index is 638. The summed E-state index contributed by atoms with van der Waals surface area (Å²) in [4.78, 5) is 0. The van der Waals surface area contributed by atoms with Crippen molar-refractivity contribution in [3.8, 4) is 5.75 Å². The van der Waals surface area contributed by atoms with E-state index in [0.29, 0.717) is 15.8 Å². The Morgan fingerprint density at radius 2 is 1.76 bits per heavy atom. The zero-order chi connectivity index (χ0) is 15.6. The summed E-state index contributed by atoms with van der Waals surface area (Å²) in [7, 11) is 3.20. The van der Waals surface area contributed by atoms with Crippen LogP contribution < -0.4 is 10.1 Å². The lowest BCUT2D eigenvalue weighted by Gasteiger charge is -2.21. The highest BCUT2D eigenvalue weighted by Gasteiger charge is 2.24. The fourth-order valence-corrected chi connectivity index (χ4v) is 2.77. The fraction of sp³-hybridized carbons (Fsp3) is 0.250. The van der Waals surface area contributed by atoms with Gasteiger partial charge in [0.1, 0.15) is 17.4 Å². The average molecular weight is 356 g/mol. The van der Waals surface area contributed by atoms with Crippen molar-refractivity contribution < 1.29 is 13.5 Å². The van der Waals surface area contributed by atoms with Crippen LogP contribution in [0, 0.1) is 18.6 Å². The molecule has 1 N–H and O–H groups in total. The highest BCUT2D eigenvalue weighted by molar-refractivity contribution is 9.10. The van der Waals surface area contributed by atoms with E-state index in [1.165, 1.54) is 19.2 Å². The lowest BCUT2D eigenvalue weighted by Crippen LogP contribution is -2.21. The molecule has 0 aromatic heterocycles. The minimum absolute atomic E-state index is 0.0235. The molecule has 2 nitrogen and oxygen atoms in total. The van der Waals surface area contributed by atoms with Crippen molar-refractivity contribution in [2.45, 2.75) is 13.0 Å². The lowest BCUT2D eigenvalue weighted by molar-refractivity contribution is 0.403. The number of methoxy groups -OCH3 is 1. The predicted molar refractivity (Wildman–Crippen MR) is 82.7 cm³/mol. The molecule has 21 heavy (non-hydrogen) atoms. The predicted octanol–water partition coefficient (Wildman–Crippen LogP) is 4.35. The van der Waals surface area contributed by atoms with Gasteiger partial charge in [0.05, 0.1) is 13.2 Å². The van der Waals surface area contributed by atoms with Crippen LogP contribution in [0.4, 0.5) is 8.78 Å². The number of rotatable bonds is 4. The molecule has 0 saturated carbocycles. The molecular weight excluding hydrogens is 340 g/mol. The molecule has 0 heterocycles. The maximum atomic E-state index is 14.2. The normalized spacial score (nSPS) is 12.3. The Balaban J connectivity index is 2.63. The number of halogens is 3. The molecule has 0 aliphatic heterocycles. The second kappa shape index (κ2) is 6.54. The van der Waals surface area contributed by atoms with Crippen molar-refractivity contribution in [2.24, 2.45) is 0 Å². The summed E-state index contributed by atoms with van der Waals surface area (Å²) < 4.78 is 34.1. The first-order chi connectivity index (χ1) is 9.97. The SMILES string of the molecule is CNC(c1cc(C)ccc1OC)c1c(F)cc(Br)cc1F. The zero-order valence-corrected chi connectivity index (χ0v) is 13.6. The molecule has 0 amide bonds. The van der Waals surface area contributed by atoms with Crippen LogP contribution in [0.25, 0.3) is 0 Å². The Hall–Kier alpha value is -1.46. The number of benzene rings is 2. The van der Waals surface area contributed by atoms with E-state index < -0.39 is 17.7 Å². The maximum absolute atomic E-state index is 14.2. The third-order valence-corrected chi connectivity index (χ3v) is 3.78. The Morgan fingerprint density at radius 1 is 1.14 bits per heavy atom. The molecule has 0 saturated heterocycles. The highest BCUT2D eigenvalue weighted by atomic mass is 79.9. The van der Waals surface area contributed by atoms with Gasteiger partial charge in [-0.05, 0) is 32.2 Å². The van der Waals surface area contributed by atoms with Gasteiger partial charge in [-0.1, -0.05) is 33.6 Å². The van der Waals surface area contributed by atoms with Gasteiger partial charge < -0.3 is 10.1 Å². The van der Waals surface area contributed by atoms with Crippen molar-refractivity contribution in [2.75, 3.05) is 14.2 Å². The molecule has 2 rings (SSSR count). The molecule has 0 aliphatic carbocycles. The Morgan fingerprint density at radius 3 is 2.29 bits per heavy atom. The van der Waals surface area contributed by atoms with Gasteiger partial charge in [-0.2, -0.15) is 0 Å². The standard InChI is InChI=1S/C16H16BrF2NO/c1-9-4-5-14(21-3)11(6-9)16(20-2)15-12(18)7-10(17)8-13(15)19/h4-8,16,20H,1-3H3. The molecule has 0 radical (unpaired) electrons. The number of aryl methyl sites for hydroxylation is 1. The van der Waals surface area contributed by atoms with Crippen LogP contribution >= 0.6 is 15.9 Å². The Labute approximate surface area is 131 Å². The van der Waals surface area contributed by atoms with Crippen molar-refractivity contribution >= 4 is 15.9 Å². The quantitative estimate of drug-likeness (QED) is 0.879. The third-order valence-electron chi connectivity index (χ3n) is 3.32. The lowest BCUT2D eigenvalue weighted by atomic mass is 9.95. The van der Waals surface area contributed by atoms with E-state index in [4.69, 9.17) is 4.74 Å². The molecule has 5 heteroatoms. The highest BCUT2D eigenvalue weighted by Crippen LogP contribution is 2.34. The molecule has 1 unspecified atom stereocenters.